The molecule has 0 spiro atoms. The number of carbonyl (C=O) groups excluding carboxylic acids is 2. The first kappa shape index (κ1) is 20.0. The summed E-state index contributed by atoms with van der Waals surface area (Å²) in [6, 6.07) is 11.9. The van der Waals surface area contributed by atoms with Crippen LogP contribution in [0.3, 0.4) is 0 Å². The minimum atomic E-state index is -2.39. The molecule has 4 rings (SSSR count). The van der Waals surface area contributed by atoms with E-state index in [1.807, 2.05) is 36.4 Å². The maximum Gasteiger partial charge on any atom is 0.326 e. The summed E-state index contributed by atoms with van der Waals surface area (Å²) in [4.78, 5) is 37.8. The summed E-state index contributed by atoms with van der Waals surface area (Å²) in [5, 5.41) is 9.30. The van der Waals surface area contributed by atoms with Crippen LogP contribution in [0.1, 0.15) is 17.5 Å². The Morgan fingerprint density at radius 3 is 2.63 bits per heavy atom. The molecular formula is C22H20F2N2O4. The summed E-state index contributed by atoms with van der Waals surface area (Å²) < 4.78 is 27.4. The molecule has 0 radical (unpaired) electrons. The molecule has 30 heavy (non-hydrogen) atoms. The zero-order valence-corrected chi connectivity index (χ0v) is 16.1. The van der Waals surface area contributed by atoms with Gasteiger partial charge in [-0.15, -0.1) is 0 Å². The smallest absolute Gasteiger partial charge is 0.326 e. The summed E-state index contributed by atoms with van der Waals surface area (Å²) in [6.45, 7) is -2.48. The van der Waals surface area contributed by atoms with Crippen molar-refractivity contribution in [2.75, 3.05) is 24.7 Å². The number of fused-ring (bicyclic) bond motifs is 3. The number of carboxylic acid groups (broad SMARTS) is 1. The first-order valence-corrected chi connectivity index (χ1v) is 9.55. The Balaban J connectivity index is 1.57. The van der Waals surface area contributed by atoms with Crippen LogP contribution in [0.25, 0.3) is 11.1 Å². The molecule has 1 saturated heterocycles. The molecule has 1 heterocycles. The van der Waals surface area contributed by atoms with Gasteiger partial charge in [0, 0.05) is 12.1 Å². The van der Waals surface area contributed by atoms with E-state index in [1.54, 1.807) is 6.07 Å². The van der Waals surface area contributed by atoms with Gasteiger partial charge < -0.3 is 14.9 Å². The Morgan fingerprint density at radius 1 is 1.20 bits per heavy atom. The number of amides is 2. The van der Waals surface area contributed by atoms with E-state index in [4.69, 9.17) is 0 Å². The molecular weight excluding hydrogens is 394 g/mol. The fraction of sp³-hybridized carbons (Fsp3) is 0.318. The second kappa shape index (κ2) is 7.51. The largest absolute Gasteiger partial charge is 0.480 e. The number of aliphatic carboxylic acids is 1. The fourth-order valence-electron chi connectivity index (χ4n) is 4.23. The van der Waals surface area contributed by atoms with Gasteiger partial charge in [0.05, 0.1) is 6.54 Å². The number of alkyl halides is 2. The lowest BCUT2D eigenvalue weighted by molar-refractivity contribution is -0.147. The van der Waals surface area contributed by atoms with Crippen LogP contribution in [0, 0.1) is 0 Å². The van der Waals surface area contributed by atoms with Gasteiger partial charge in [-0.25, -0.2) is 13.6 Å². The molecule has 0 saturated carbocycles. The first-order chi connectivity index (χ1) is 14.3. The van der Waals surface area contributed by atoms with Gasteiger partial charge in [0.25, 0.3) is 0 Å². The van der Waals surface area contributed by atoms with Gasteiger partial charge in [0.15, 0.2) is 5.67 Å². The van der Waals surface area contributed by atoms with Gasteiger partial charge in [0.2, 0.25) is 12.3 Å². The molecule has 2 aliphatic rings. The molecule has 0 unspecified atom stereocenters. The summed E-state index contributed by atoms with van der Waals surface area (Å²) >= 11 is 0. The number of halogens is 2. The zero-order chi connectivity index (χ0) is 21.5. The Morgan fingerprint density at radius 2 is 1.93 bits per heavy atom. The number of hydrogen-bond acceptors (Lipinski definition) is 3. The van der Waals surface area contributed by atoms with E-state index in [2.05, 4.69) is 0 Å². The molecule has 156 valence electrons. The molecule has 1 N–H and O–H groups in total. The van der Waals surface area contributed by atoms with Crippen molar-refractivity contribution in [3.63, 3.8) is 0 Å². The zero-order valence-electron chi connectivity index (χ0n) is 16.1. The standard InChI is InChI=1S/C22H20F2N2O4/c23-11-22(24)9-19(21(29)30)26(12-22)20(28)10-25(13-27)16-6-5-15-7-14-3-1-2-4-17(14)18(15)8-16/h1-6,8,13,19H,7,9-12H2,(H,29,30)/t19-,22-/m0/s1. The molecule has 0 bridgehead atoms. The van der Waals surface area contributed by atoms with E-state index >= 15 is 0 Å². The molecule has 1 aliphatic heterocycles. The summed E-state index contributed by atoms with van der Waals surface area (Å²) in [5.74, 6) is -2.15. The van der Waals surface area contributed by atoms with Crippen LogP contribution < -0.4 is 4.90 Å². The van der Waals surface area contributed by atoms with Crippen molar-refractivity contribution in [3.8, 4) is 11.1 Å². The lowest BCUT2D eigenvalue weighted by Gasteiger charge is -2.25. The number of likely N-dealkylation sites (tertiary alicyclic amines) is 1. The van der Waals surface area contributed by atoms with Gasteiger partial charge in [0.1, 0.15) is 19.3 Å². The number of carbonyl (C=O) groups is 3. The van der Waals surface area contributed by atoms with Crippen LogP contribution in [-0.4, -0.2) is 59.8 Å². The minimum Gasteiger partial charge on any atom is -0.480 e. The summed E-state index contributed by atoms with van der Waals surface area (Å²) in [7, 11) is 0. The highest BCUT2D eigenvalue weighted by molar-refractivity contribution is 5.93. The third kappa shape index (κ3) is 3.42. The van der Waals surface area contributed by atoms with Crippen LogP contribution in [0.2, 0.25) is 0 Å². The van der Waals surface area contributed by atoms with E-state index < -0.39 is 49.8 Å². The highest BCUT2D eigenvalue weighted by atomic mass is 19.2. The Kier molecular flexibility index (Phi) is 5.01. The van der Waals surface area contributed by atoms with Crippen LogP contribution in [-0.2, 0) is 20.8 Å². The van der Waals surface area contributed by atoms with Gasteiger partial charge in [-0.3, -0.25) is 9.59 Å². The van der Waals surface area contributed by atoms with Gasteiger partial charge in [-0.1, -0.05) is 30.3 Å². The number of anilines is 1. The van der Waals surface area contributed by atoms with E-state index in [0.29, 0.717) is 12.1 Å². The third-order valence-corrected chi connectivity index (χ3v) is 5.78. The molecule has 1 aliphatic carbocycles. The molecule has 6 nitrogen and oxygen atoms in total. The van der Waals surface area contributed by atoms with E-state index in [-0.39, 0.29) is 0 Å². The van der Waals surface area contributed by atoms with Crippen LogP contribution in [0.5, 0.6) is 0 Å². The molecule has 2 amide bonds. The second-order valence-corrected chi connectivity index (χ2v) is 7.77. The SMILES string of the molecule is O=CN(CC(=O)N1C[C@@](F)(CF)C[C@H]1C(=O)O)c1ccc2c(c1)-c1ccccc1C2. The van der Waals surface area contributed by atoms with Gasteiger partial charge in [-0.05, 0) is 40.8 Å². The molecule has 2 aromatic carbocycles. The quantitative estimate of drug-likeness (QED) is 0.629. The molecule has 1 fully saturated rings. The maximum atomic E-state index is 14.4. The summed E-state index contributed by atoms with van der Waals surface area (Å²) in [5.41, 5.74) is 2.38. The van der Waals surface area contributed by atoms with Crippen LogP contribution >= 0.6 is 0 Å². The van der Waals surface area contributed by atoms with E-state index in [0.717, 1.165) is 32.9 Å². The number of benzene rings is 2. The normalized spacial score (nSPS) is 21.8. The van der Waals surface area contributed by atoms with E-state index in [9.17, 15) is 28.3 Å². The highest BCUT2D eigenvalue weighted by Gasteiger charge is 2.49. The molecule has 8 heteroatoms. The van der Waals surface area contributed by atoms with Crippen LogP contribution in [0.15, 0.2) is 42.5 Å². The van der Waals surface area contributed by atoms with Crippen molar-refractivity contribution < 1.29 is 28.3 Å². The van der Waals surface area contributed by atoms with Crippen molar-refractivity contribution in [3.05, 3.63) is 53.6 Å². The van der Waals surface area contributed by atoms with Crippen molar-refractivity contribution in [2.24, 2.45) is 0 Å². The van der Waals surface area contributed by atoms with Crippen molar-refractivity contribution in [1.29, 1.82) is 0 Å². The second-order valence-electron chi connectivity index (χ2n) is 7.77. The first-order valence-electron chi connectivity index (χ1n) is 9.55. The maximum absolute atomic E-state index is 14.4. The number of carboxylic acids is 1. The predicted octanol–water partition coefficient (Wildman–Crippen LogP) is 2.58. The highest BCUT2D eigenvalue weighted by Crippen LogP contribution is 2.38. The molecule has 2 aromatic rings. The predicted molar refractivity (Wildman–Crippen MR) is 106 cm³/mol. The Labute approximate surface area is 171 Å². The van der Waals surface area contributed by atoms with Gasteiger partial charge in [-0.2, -0.15) is 0 Å². The Hall–Kier alpha value is -3.29. The van der Waals surface area contributed by atoms with Crippen molar-refractivity contribution in [1.82, 2.24) is 4.90 Å². The number of hydrogen-bond donors (Lipinski definition) is 1. The van der Waals surface area contributed by atoms with E-state index in [1.165, 1.54) is 5.56 Å². The average Bonchev–Trinajstić information content (AvgIpc) is 3.30. The van der Waals surface area contributed by atoms with Crippen molar-refractivity contribution >= 4 is 24.0 Å². The fourth-order valence-corrected chi connectivity index (χ4v) is 4.23. The number of nitrogens with zero attached hydrogens (tertiary/aromatic N) is 2. The lowest BCUT2D eigenvalue weighted by atomic mass is 10.0. The minimum absolute atomic E-state index is 0.462. The lowest BCUT2D eigenvalue weighted by Crippen LogP contribution is -2.46. The van der Waals surface area contributed by atoms with Gasteiger partial charge >= 0.3 is 5.97 Å². The monoisotopic (exact) mass is 414 g/mol. The van der Waals surface area contributed by atoms with Crippen LogP contribution in [0.4, 0.5) is 14.5 Å². The average molecular weight is 414 g/mol. The topological polar surface area (TPSA) is 77.9 Å². The summed E-state index contributed by atoms with van der Waals surface area (Å²) in [6.07, 6.45) is 0.646. The van der Waals surface area contributed by atoms with Crippen molar-refractivity contribution in [2.45, 2.75) is 24.6 Å². The molecule has 0 aromatic heterocycles. The Bertz CT molecular complexity index is 1030. The third-order valence-electron chi connectivity index (χ3n) is 5.78. The molecule has 2 atom stereocenters. The number of rotatable bonds is 6.